The van der Waals surface area contributed by atoms with Gasteiger partial charge in [0.1, 0.15) is 0 Å². The summed E-state index contributed by atoms with van der Waals surface area (Å²) in [6.07, 6.45) is 6.61. The highest BCUT2D eigenvalue weighted by molar-refractivity contribution is 5.78. The molecule has 0 unspecified atom stereocenters. The van der Waals surface area contributed by atoms with Crippen molar-refractivity contribution in [3.63, 3.8) is 0 Å². The number of aliphatic hydroxyl groups excluding tert-OH is 1. The first kappa shape index (κ1) is 20.2. The van der Waals surface area contributed by atoms with Crippen LogP contribution in [0.15, 0.2) is 55.1 Å². The molecule has 0 bridgehead atoms. The number of hydrogen-bond donors (Lipinski definition) is 1. The molecule has 1 aliphatic heterocycles. The number of aromatic nitrogens is 3. The summed E-state index contributed by atoms with van der Waals surface area (Å²) in [5.41, 5.74) is 3.17. The normalized spacial score (nSPS) is 25.8. The van der Waals surface area contributed by atoms with Gasteiger partial charge in [-0.3, -0.25) is 14.7 Å². The molecule has 3 heterocycles. The number of likely N-dealkylation sites (tertiary alicyclic amines) is 1. The van der Waals surface area contributed by atoms with Crippen molar-refractivity contribution in [3.05, 3.63) is 60.7 Å². The molecular formula is C24H29N5O2. The highest BCUT2D eigenvalue weighted by atomic mass is 16.3. The number of pyridine rings is 1. The monoisotopic (exact) mass is 419 g/mol. The van der Waals surface area contributed by atoms with Gasteiger partial charge in [-0.25, -0.2) is 4.98 Å². The molecule has 1 aliphatic carbocycles. The predicted molar refractivity (Wildman–Crippen MR) is 118 cm³/mol. The van der Waals surface area contributed by atoms with Crippen molar-refractivity contribution in [2.45, 2.75) is 31.5 Å². The number of carbonyl (C=O) groups is 1. The van der Waals surface area contributed by atoms with E-state index >= 15 is 0 Å². The van der Waals surface area contributed by atoms with Crippen LogP contribution in [0.5, 0.6) is 0 Å². The smallest absolute Gasteiger partial charge is 0.236 e. The maximum absolute atomic E-state index is 13.0. The second-order valence-corrected chi connectivity index (χ2v) is 9.09. The second-order valence-electron chi connectivity index (χ2n) is 9.09. The van der Waals surface area contributed by atoms with E-state index in [0.717, 1.165) is 49.1 Å². The summed E-state index contributed by atoms with van der Waals surface area (Å²) in [6.45, 7) is 2.66. The molecule has 2 aliphatic rings. The number of rotatable bonds is 5. The summed E-state index contributed by atoms with van der Waals surface area (Å²) in [5, 5.41) is 10.9. The largest absolute Gasteiger partial charge is 0.391 e. The summed E-state index contributed by atoms with van der Waals surface area (Å²) in [7, 11) is 1.98. The molecule has 7 heteroatoms. The van der Waals surface area contributed by atoms with E-state index in [4.69, 9.17) is 0 Å². The number of benzene rings is 1. The Bertz CT molecular complexity index is 1050. The summed E-state index contributed by atoms with van der Waals surface area (Å²) in [4.78, 5) is 25.5. The minimum atomic E-state index is -0.414. The van der Waals surface area contributed by atoms with Crippen molar-refractivity contribution in [2.75, 3.05) is 26.7 Å². The lowest BCUT2D eigenvalue weighted by atomic mass is 9.77. The van der Waals surface area contributed by atoms with Gasteiger partial charge in [0.25, 0.3) is 0 Å². The number of carbonyl (C=O) groups excluding carboxylic acids is 1. The first-order valence-corrected chi connectivity index (χ1v) is 11.0. The standard InChI is InChI=1S/C24H29N5O2/c1-27(12-17-6-8-25-9-7-17)15-24(31)28-13-18-10-22(23(30)11-19(18)14-28)29-16-26-20-4-2-3-5-21(20)29/h2-9,16,18-19,22-23,30H,10-15H2,1H3/t18-,19+,22-,23-/m1/s1. The highest BCUT2D eigenvalue weighted by Gasteiger charge is 2.43. The Kier molecular flexibility index (Phi) is 5.46. The fourth-order valence-corrected chi connectivity index (χ4v) is 5.34. The first-order chi connectivity index (χ1) is 15.1. The molecule has 7 nitrogen and oxygen atoms in total. The lowest BCUT2D eigenvalue weighted by molar-refractivity contribution is -0.131. The third-order valence-electron chi connectivity index (χ3n) is 6.91. The van der Waals surface area contributed by atoms with Crippen LogP contribution >= 0.6 is 0 Å². The molecule has 162 valence electrons. The minimum absolute atomic E-state index is 0.0121. The molecular weight excluding hydrogens is 390 g/mol. The second kappa shape index (κ2) is 8.40. The van der Waals surface area contributed by atoms with Crippen LogP contribution in [0.25, 0.3) is 11.0 Å². The van der Waals surface area contributed by atoms with Crippen LogP contribution in [-0.2, 0) is 11.3 Å². The molecule has 31 heavy (non-hydrogen) atoms. The SMILES string of the molecule is CN(CC(=O)N1C[C@H]2C[C@@H](n3cnc4ccccc43)[C@H](O)C[C@H]2C1)Cc1ccncc1. The zero-order valence-electron chi connectivity index (χ0n) is 17.8. The first-order valence-electron chi connectivity index (χ1n) is 11.0. The van der Waals surface area contributed by atoms with Crippen molar-refractivity contribution in [2.24, 2.45) is 11.8 Å². The molecule has 0 spiro atoms. The van der Waals surface area contributed by atoms with Gasteiger partial charge < -0.3 is 14.6 Å². The maximum Gasteiger partial charge on any atom is 0.236 e. The number of amides is 1. The molecule has 1 amide bonds. The lowest BCUT2D eigenvalue weighted by Crippen LogP contribution is -2.37. The zero-order valence-corrected chi connectivity index (χ0v) is 17.8. The number of hydrogen-bond acceptors (Lipinski definition) is 5. The van der Waals surface area contributed by atoms with Gasteiger partial charge in [0.2, 0.25) is 5.91 Å². The summed E-state index contributed by atoms with van der Waals surface area (Å²) < 4.78 is 2.13. The summed E-state index contributed by atoms with van der Waals surface area (Å²) in [6, 6.07) is 12.0. The Labute approximate surface area is 182 Å². The predicted octanol–water partition coefficient (Wildman–Crippen LogP) is 2.33. The summed E-state index contributed by atoms with van der Waals surface area (Å²) >= 11 is 0. The van der Waals surface area contributed by atoms with Crippen molar-refractivity contribution >= 4 is 16.9 Å². The van der Waals surface area contributed by atoms with Crippen LogP contribution in [0.1, 0.15) is 24.4 Å². The number of nitrogens with zero attached hydrogens (tertiary/aromatic N) is 5. The third kappa shape index (κ3) is 4.07. The maximum atomic E-state index is 13.0. The number of likely N-dealkylation sites (N-methyl/N-ethyl adjacent to an activating group) is 1. The number of para-hydroxylation sites is 2. The minimum Gasteiger partial charge on any atom is -0.391 e. The van der Waals surface area contributed by atoms with Crippen LogP contribution in [0.2, 0.25) is 0 Å². The van der Waals surface area contributed by atoms with Gasteiger partial charge in [0.15, 0.2) is 0 Å². The molecule has 2 fully saturated rings. The van der Waals surface area contributed by atoms with Gasteiger partial charge in [0.05, 0.1) is 36.1 Å². The van der Waals surface area contributed by atoms with Gasteiger partial charge >= 0.3 is 0 Å². The molecule has 0 radical (unpaired) electrons. The van der Waals surface area contributed by atoms with E-state index in [-0.39, 0.29) is 11.9 Å². The fourth-order valence-electron chi connectivity index (χ4n) is 5.34. The Morgan fingerprint density at radius 2 is 1.87 bits per heavy atom. The zero-order chi connectivity index (χ0) is 21.4. The molecule has 2 aromatic heterocycles. The topological polar surface area (TPSA) is 74.5 Å². The van der Waals surface area contributed by atoms with Gasteiger partial charge in [-0.15, -0.1) is 0 Å². The van der Waals surface area contributed by atoms with Gasteiger partial charge in [0, 0.05) is 32.0 Å². The molecule has 1 saturated heterocycles. The highest BCUT2D eigenvalue weighted by Crippen LogP contribution is 2.42. The van der Waals surface area contributed by atoms with Crippen LogP contribution in [0, 0.1) is 11.8 Å². The Hall–Kier alpha value is -2.77. The van der Waals surface area contributed by atoms with Crippen LogP contribution in [-0.4, -0.2) is 68.1 Å². The van der Waals surface area contributed by atoms with Crippen molar-refractivity contribution < 1.29 is 9.90 Å². The van der Waals surface area contributed by atoms with E-state index in [0.29, 0.717) is 18.4 Å². The van der Waals surface area contributed by atoms with Crippen molar-refractivity contribution in [3.8, 4) is 0 Å². The number of imidazole rings is 1. The van der Waals surface area contributed by atoms with E-state index in [1.165, 1.54) is 0 Å². The molecule has 3 aromatic rings. The van der Waals surface area contributed by atoms with E-state index < -0.39 is 6.10 Å². The average molecular weight is 420 g/mol. The van der Waals surface area contributed by atoms with E-state index in [2.05, 4.69) is 25.5 Å². The van der Waals surface area contributed by atoms with Crippen LogP contribution in [0.3, 0.4) is 0 Å². The Balaban J connectivity index is 1.23. The Morgan fingerprint density at radius 3 is 2.68 bits per heavy atom. The van der Waals surface area contributed by atoms with Gasteiger partial charge in [-0.2, -0.15) is 0 Å². The van der Waals surface area contributed by atoms with E-state index in [1.54, 1.807) is 12.4 Å². The molecule has 1 aromatic carbocycles. The number of fused-ring (bicyclic) bond motifs is 2. The summed E-state index contributed by atoms with van der Waals surface area (Å²) in [5.74, 6) is 0.963. The van der Waals surface area contributed by atoms with E-state index in [1.807, 2.05) is 48.6 Å². The van der Waals surface area contributed by atoms with Crippen LogP contribution < -0.4 is 0 Å². The molecule has 1 N–H and O–H groups in total. The number of aliphatic hydroxyl groups is 1. The van der Waals surface area contributed by atoms with Gasteiger partial charge in [-0.05, 0) is 61.6 Å². The Morgan fingerprint density at radius 1 is 1.13 bits per heavy atom. The van der Waals surface area contributed by atoms with E-state index in [9.17, 15) is 9.90 Å². The molecule has 1 saturated carbocycles. The van der Waals surface area contributed by atoms with Crippen LogP contribution in [0.4, 0.5) is 0 Å². The third-order valence-corrected chi connectivity index (χ3v) is 6.91. The van der Waals surface area contributed by atoms with Gasteiger partial charge in [-0.1, -0.05) is 12.1 Å². The fraction of sp³-hybridized carbons (Fsp3) is 0.458. The lowest BCUT2D eigenvalue weighted by Gasteiger charge is -2.36. The molecule has 4 atom stereocenters. The van der Waals surface area contributed by atoms with Crippen molar-refractivity contribution in [1.82, 2.24) is 24.3 Å². The average Bonchev–Trinajstić information content (AvgIpc) is 3.37. The molecule has 5 rings (SSSR count). The van der Waals surface area contributed by atoms with Crippen molar-refractivity contribution in [1.29, 1.82) is 0 Å². The quantitative estimate of drug-likeness (QED) is 0.687.